The number of rotatable bonds is 6. The molecule has 0 aliphatic carbocycles. The number of hydrogen-bond acceptors (Lipinski definition) is 4. The van der Waals surface area contributed by atoms with Crippen LogP contribution in [0.15, 0.2) is 30.3 Å². The minimum absolute atomic E-state index is 0.192. The second-order valence-corrected chi connectivity index (χ2v) is 6.93. The number of benzene rings is 1. The molecule has 3 atom stereocenters. The summed E-state index contributed by atoms with van der Waals surface area (Å²) in [6.45, 7) is 1.21. The molecule has 0 bridgehead atoms. The summed E-state index contributed by atoms with van der Waals surface area (Å²) in [5.74, 6) is -1.49. The third kappa shape index (κ3) is 4.22. The van der Waals surface area contributed by atoms with Crippen LogP contribution in [-0.4, -0.2) is 59.0 Å². The zero-order chi connectivity index (χ0) is 18.5. The van der Waals surface area contributed by atoms with E-state index in [1.807, 2.05) is 30.3 Å². The highest BCUT2D eigenvalue weighted by Crippen LogP contribution is 2.20. The lowest BCUT2D eigenvalue weighted by Crippen LogP contribution is -2.55. The molecule has 26 heavy (non-hydrogen) atoms. The quantitative estimate of drug-likeness (QED) is 0.689. The summed E-state index contributed by atoms with van der Waals surface area (Å²) in [6, 6.07) is 7.62. The van der Waals surface area contributed by atoms with Gasteiger partial charge in [0.05, 0.1) is 6.04 Å². The summed E-state index contributed by atoms with van der Waals surface area (Å²) < 4.78 is 0. The molecule has 2 saturated heterocycles. The average molecular weight is 359 g/mol. The van der Waals surface area contributed by atoms with Gasteiger partial charge in [-0.1, -0.05) is 30.3 Å². The minimum atomic E-state index is -0.988. The topological polar surface area (TPSA) is 98.7 Å². The van der Waals surface area contributed by atoms with Crippen LogP contribution in [0.1, 0.15) is 31.2 Å². The van der Waals surface area contributed by atoms with Crippen LogP contribution in [0.5, 0.6) is 0 Å². The fourth-order valence-electron chi connectivity index (χ4n) is 3.72. The zero-order valence-electron chi connectivity index (χ0n) is 14.7. The SMILES string of the molecule is O=C(N[C@@H](Cc1ccccc1)C(=O)N1CCC[C@@H]1C(=O)O)[C@@H]1CCCN1. The number of amides is 2. The van der Waals surface area contributed by atoms with Crippen LogP contribution < -0.4 is 10.6 Å². The van der Waals surface area contributed by atoms with Gasteiger partial charge < -0.3 is 20.6 Å². The highest BCUT2D eigenvalue weighted by Gasteiger charge is 2.38. The molecule has 2 aliphatic rings. The molecule has 0 radical (unpaired) electrons. The molecule has 2 fully saturated rings. The Labute approximate surface area is 152 Å². The maximum Gasteiger partial charge on any atom is 0.326 e. The van der Waals surface area contributed by atoms with Crippen molar-refractivity contribution in [2.75, 3.05) is 13.1 Å². The van der Waals surface area contributed by atoms with E-state index in [0.717, 1.165) is 24.9 Å². The van der Waals surface area contributed by atoms with Gasteiger partial charge in [-0.3, -0.25) is 9.59 Å². The van der Waals surface area contributed by atoms with Crippen molar-refractivity contribution < 1.29 is 19.5 Å². The van der Waals surface area contributed by atoms with Crippen molar-refractivity contribution in [3.05, 3.63) is 35.9 Å². The predicted octanol–water partition coefficient (Wildman–Crippen LogP) is 0.542. The maximum absolute atomic E-state index is 13.0. The fraction of sp³-hybridized carbons (Fsp3) is 0.526. The lowest BCUT2D eigenvalue weighted by molar-refractivity contribution is -0.149. The number of hydrogen-bond donors (Lipinski definition) is 3. The first kappa shape index (κ1) is 18.4. The van der Waals surface area contributed by atoms with E-state index in [1.54, 1.807) is 0 Å². The van der Waals surface area contributed by atoms with Crippen LogP contribution in [0.4, 0.5) is 0 Å². The van der Waals surface area contributed by atoms with Gasteiger partial charge in [-0.05, 0) is 37.8 Å². The van der Waals surface area contributed by atoms with E-state index in [2.05, 4.69) is 10.6 Å². The first-order valence-corrected chi connectivity index (χ1v) is 9.17. The standard InChI is InChI=1S/C19H25N3O4/c23-17(14-8-4-10-20-14)21-15(12-13-6-2-1-3-7-13)18(24)22-11-5-9-16(22)19(25)26/h1-3,6-7,14-16,20H,4-5,8-12H2,(H,21,23)(H,25,26)/t14-,15-,16+/m0/s1. The largest absolute Gasteiger partial charge is 0.480 e. The number of nitrogens with one attached hydrogen (secondary N) is 2. The number of carbonyl (C=O) groups is 3. The van der Waals surface area contributed by atoms with Gasteiger partial charge in [0.15, 0.2) is 0 Å². The molecule has 3 rings (SSSR count). The Morgan fingerprint density at radius 3 is 2.62 bits per heavy atom. The highest BCUT2D eigenvalue weighted by atomic mass is 16.4. The van der Waals surface area contributed by atoms with Gasteiger partial charge >= 0.3 is 5.97 Å². The summed E-state index contributed by atoms with van der Waals surface area (Å²) in [6.07, 6.45) is 3.15. The predicted molar refractivity (Wildman–Crippen MR) is 95.5 cm³/mol. The second-order valence-electron chi connectivity index (χ2n) is 6.93. The van der Waals surface area contributed by atoms with Gasteiger partial charge in [0.1, 0.15) is 12.1 Å². The summed E-state index contributed by atoms with van der Waals surface area (Å²) in [4.78, 5) is 38.4. The molecule has 2 heterocycles. The van der Waals surface area contributed by atoms with E-state index in [-0.39, 0.29) is 17.9 Å². The van der Waals surface area contributed by atoms with Gasteiger partial charge in [-0.2, -0.15) is 0 Å². The number of nitrogens with zero attached hydrogens (tertiary/aromatic N) is 1. The number of carboxylic acids is 1. The molecule has 3 N–H and O–H groups in total. The van der Waals surface area contributed by atoms with Gasteiger partial charge in [-0.25, -0.2) is 4.79 Å². The van der Waals surface area contributed by atoms with Crippen LogP contribution in [0, 0.1) is 0 Å². The van der Waals surface area contributed by atoms with E-state index in [9.17, 15) is 19.5 Å². The smallest absolute Gasteiger partial charge is 0.326 e. The zero-order valence-corrected chi connectivity index (χ0v) is 14.7. The first-order valence-electron chi connectivity index (χ1n) is 9.17. The summed E-state index contributed by atoms with van der Waals surface area (Å²) in [7, 11) is 0. The molecule has 2 aliphatic heterocycles. The molecule has 1 aromatic rings. The van der Waals surface area contributed by atoms with E-state index in [0.29, 0.717) is 25.8 Å². The summed E-state index contributed by atoms with van der Waals surface area (Å²) >= 11 is 0. The van der Waals surface area contributed by atoms with Crippen molar-refractivity contribution in [2.24, 2.45) is 0 Å². The molecule has 0 saturated carbocycles. The minimum Gasteiger partial charge on any atom is -0.480 e. The number of aliphatic carboxylic acids is 1. The van der Waals surface area contributed by atoms with Crippen molar-refractivity contribution in [2.45, 2.75) is 50.2 Å². The van der Waals surface area contributed by atoms with Crippen LogP contribution in [0.3, 0.4) is 0 Å². The number of carboxylic acid groups (broad SMARTS) is 1. The monoisotopic (exact) mass is 359 g/mol. The van der Waals surface area contributed by atoms with Crippen molar-refractivity contribution in [1.82, 2.24) is 15.5 Å². The summed E-state index contributed by atoms with van der Waals surface area (Å²) in [5, 5.41) is 15.4. The van der Waals surface area contributed by atoms with E-state index < -0.39 is 18.1 Å². The lowest BCUT2D eigenvalue weighted by Gasteiger charge is -2.28. The Bertz CT molecular complexity index is 658. The Hall–Kier alpha value is -2.41. The van der Waals surface area contributed by atoms with Crippen molar-refractivity contribution in [1.29, 1.82) is 0 Å². The third-order valence-corrected chi connectivity index (χ3v) is 5.09. The summed E-state index contributed by atoms with van der Waals surface area (Å²) in [5.41, 5.74) is 0.927. The van der Waals surface area contributed by atoms with Gasteiger partial charge in [-0.15, -0.1) is 0 Å². The molecule has 0 aromatic heterocycles. The maximum atomic E-state index is 13.0. The molecule has 140 valence electrons. The number of likely N-dealkylation sites (tertiary alicyclic amines) is 1. The Morgan fingerprint density at radius 2 is 1.96 bits per heavy atom. The molecule has 2 amide bonds. The van der Waals surface area contributed by atoms with Crippen LogP contribution in [0.25, 0.3) is 0 Å². The van der Waals surface area contributed by atoms with E-state index in [1.165, 1.54) is 4.90 Å². The Morgan fingerprint density at radius 1 is 1.19 bits per heavy atom. The first-order chi connectivity index (χ1) is 12.6. The average Bonchev–Trinajstić information content (AvgIpc) is 3.33. The molecule has 1 aromatic carbocycles. The molecule has 7 heteroatoms. The molecule has 7 nitrogen and oxygen atoms in total. The van der Waals surface area contributed by atoms with Gasteiger partial charge in [0.2, 0.25) is 11.8 Å². The van der Waals surface area contributed by atoms with Crippen molar-refractivity contribution >= 4 is 17.8 Å². The van der Waals surface area contributed by atoms with Crippen molar-refractivity contribution in [3.8, 4) is 0 Å². The van der Waals surface area contributed by atoms with Crippen LogP contribution in [-0.2, 0) is 20.8 Å². The number of carbonyl (C=O) groups excluding carboxylic acids is 2. The van der Waals surface area contributed by atoms with Gasteiger partial charge in [0.25, 0.3) is 0 Å². The molecular formula is C19H25N3O4. The Balaban J connectivity index is 1.76. The third-order valence-electron chi connectivity index (χ3n) is 5.09. The molecular weight excluding hydrogens is 334 g/mol. The van der Waals surface area contributed by atoms with Crippen molar-refractivity contribution in [3.63, 3.8) is 0 Å². The second kappa shape index (κ2) is 8.31. The van der Waals surface area contributed by atoms with Crippen LogP contribution in [0.2, 0.25) is 0 Å². The lowest BCUT2D eigenvalue weighted by atomic mass is 10.0. The normalized spacial score (nSPS) is 23.6. The van der Waals surface area contributed by atoms with E-state index >= 15 is 0 Å². The highest BCUT2D eigenvalue weighted by molar-refractivity contribution is 5.92. The molecule has 0 spiro atoms. The Kier molecular flexibility index (Phi) is 5.88. The van der Waals surface area contributed by atoms with Crippen LogP contribution >= 0.6 is 0 Å². The fourth-order valence-corrected chi connectivity index (χ4v) is 3.72. The van der Waals surface area contributed by atoms with E-state index in [4.69, 9.17) is 0 Å². The molecule has 0 unspecified atom stereocenters. The van der Waals surface area contributed by atoms with Gasteiger partial charge in [0, 0.05) is 13.0 Å².